The number of nitrogens with zero attached hydrogens (tertiary/aromatic N) is 2. The van der Waals surface area contributed by atoms with E-state index >= 15 is 0 Å². The topological polar surface area (TPSA) is 61.9 Å². The first kappa shape index (κ1) is 24.0. The molecule has 1 N–H and O–H groups in total. The third-order valence-corrected chi connectivity index (χ3v) is 6.74. The van der Waals surface area contributed by atoms with Gasteiger partial charge in [-0.2, -0.15) is 0 Å². The van der Waals surface area contributed by atoms with E-state index in [9.17, 15) is 9.59 Å². The molecule has 1 aromatic heterocycles. The lowest BCUT2D eigenvalue weighted by Gasteiger charge is -2.28. The summed E-state index contributed by atoms with van der Waals surface area (Å²) in [5.41, 5.74) is 3.68. The highest BCUT2D eigenvalue weighted by atomic mass is 32.1. The molecule has 0 bridgehead atoms. The minimum atomic E-state index is -0.0689. The number of anilines is 2. The Kier molecular flexibility index (Phi) is 7.98. The maximum atomic E-state index is 13.3. The Bertz CT molecular complexity index is 1090. The Morgan fingerprint density at radius 2 is 1.91 bits per heavy atom. The van der Waals surface area contributed by atoms with Crippen LogP contribution < -0.4 is 10.2 Å². The number of thiophene rings is 1. The number of nitrogens with one attached hydrogen (secondary N) is 1. The van der Waals surface area contributed by atoms with Gasteiger partial charge >= 0.3 is 0 Å². The molecule has 0 unspecified atom stereocenters. The molecule has 178 valence electrons. The summed E-state index contributed by atoms with van der Waals surface area (Å²) in [5.74, 6) is -0.0608. The fourth-order valence-corrected chi connectivity index (χ4v) is 4.92. The van der Waals surface area contributed by atoms with Crippen LogP contribution in [0, 0.1) is 0 Å². The van der Waals surface area contributed by atoms with Crippen LogP contribution >= 0.6 is 11.3 Å². The Labute approximate surface area is 205 Å². The van der Waals surface area contributed by atoms with E-state index in [-0.39, 0.29) is 17.9 Å². The van der Waals surface area contributed by atoms with E-state index in [4.69, 9.17) is 4.74 Å². The van der Waals surface area contributed by atoms with Crippen LogP contribution in [0.3, 0.4) is 0 Å². The molecule has 0 radical (unpaired) electrons. The predicted octanol–water partition coefficient (Wildman–Crippen LogP) is 4.82. The van der Waals surface area contributed by atoms with Gasteiger partial charge in [-0.25, -0.2) is 0 Å². The number of carbonyl (C=O) groups is 2. The highest BCUT2D eigenvalue weighted by Gasteiger charge is 2.25. The van der Waals surface area contributed by atoms with E-state index < -0.39 is 0 Å². The molecule has 1 aliphatic rings. The standard InChI is InChI=1S/C27H31N3O3S/c1-29(2)24-13-12-22(28-26(31)16-20-8-4-3-5-9-20)17-21(24)18-30(19-23-10-6-14-33-23)27(32)25-11-7-15-34-25/h3-5,7-9,11-13,15,17,23H,6,10,14,16,18-19H2,1-2H3,(H,28,31)/t23-/m1/s1. The van der Waals surface area contributed by atoms with Crippen LogP contribution in [0.1, 0.15) is 33.6 Å². The SMILES string of the molecule is CN(C)c1ccc(NC(=O)Cc2ccccc2)cc1CN(C[C@H]1CCCO1)C(=O)c1cccs1. The number of amides is 2. The van der Waals surface area contributed by atoms with Crippen LogP contribution in [0.25, 0.3) is 0 Å². The number of ether oxygens (including phenoxy) is 1. The number of hydrogen-bond acceptors (Lipinski definition) is 5. The van der Waals surface area contributed by atoms with Gasteiger partial charge in [-0.3, -0.25) is 9.59 Å². The third kappa shape index (κ3) is 6.24. The van der Waals surface area contributed by atoms with E-state index in [0.29, 0.717) is 19.5 Å². The van der Waals surface area contributed by atoms with Crippen molar-refractivity contribution in [2.75, 3.05) is 37.5 Å². The predicted molar refractivity (Wildman–Crippen MR) is 138 cm³/mol. The zero-order chi connectivity index (χ0) is 23.9. The molecule has 0 aliphatic carbocycles. The highest BCUT2D eigenvalue weighted by molar-refractivity contribution is 7.12. The Morgan fingerprint density at radius 1 is 1.09 bits per heavy atom. The van der Waals surface area contributed by atoms with Gasteiger partial charge in [0, 0.05) is 45.2 Å². The maximum Gasteiger partial charge on any atom is 0.264 e. The van der Waals surface area contributed by atoms with Gasteiger partial charge in [0.2, 0.25) is 5.91 Å². The van der Waals surface area contributed by atoms with Crippen LogP contribution in [0.5, 0.6) is 0 Å². The van der Waals surface area contributed by atoms with Crippen molar-refractivity contribution in [1.82, 2.24) is 4.90 Å². The molecule has 2 amide bonds. The number of rotatable bonds is 9. The summed E-state index contributed by atoms with van der Waals surface area (Å²) in [5, 5.41) is 4.94. The molecule has 34 heavy (non-hydrogen) atoms. The van der Waals surface area contributed by atoms with Gasteiger partial charge in [0.15, 0.2) is 0 Å². The van der Waals surface area contributed by atoms with E-state index in [0.717, 1.165) is 46.8 Å². The monoisotopic (exact) mass is 477 g/mol. The van der Waals surface area contributed by atoms with Gasteiger partial charge in [-0.15, -0.1) is 11.3 Å². The molecule has 2 heterocycles. The molecule has 1 fully saturated rings. The van der Waals surface area contributed by atoms with Crippen LogP contribution in [0.15, 0.2) is 66.0 Å². The summed E-state index contributed by atoms with van der Waals surface area (Å²) in [6.45, 7) is 1.73. The van der Waals surface area contributed by atoms with Crippen molar-refractivity contribution in [2.24, 2.45) is 0 Å². The van der Waals surface area contributed by atoms with Gasteiger partial charge in [0.1, 0.15) is 0 Å². The molecule has 2 aromatic carbocycles. The molecule has 4 rings (SSSR count). The number of carbonyl (C=O) groups excluding carboxylic acids is 2. The van der Waals surface area contributed by atoms with Crippen LogP contribution in [0.4, 0.5) is 11.4 Å². The molecular formula is C27H31N3O3S. The van der Waals surface area contributed by atoms with Gasteiger partial charge in [0.25, 0.3) is 5.91 Å². The summed E-state index contributed by atoms with van der Waals surface area (Å²) in [7, 11) is 3.97. The van der Waals surface area contributed by atoms with E-state index in [1.807, 2.05) is 89.9 Å². The largest absolute Gasteiger partial charge is 0.377 e. The molecule has 1 aliphatic heterocycles. The molecule has 6 nitrogen and oxygen atoms in total. The van der Waals surface area contributed by atoms with Crippen molar-refractivity contribution in [2.45, 2.75) is 31.9 Å². The zero-order valence-electron chi connectivity index (χ0n) is 19.7. The fourth-order valence-electron chi connectivity index (χ4n) is 4.23. The Balaban J connectivity index is 1.55. The summed E-state index contributed by atoms with van der Waals surface area (Å²) >= 11 is 1.45. The van der Waals surface area contributed by atoms with E-state index in [1.54, 1.807) is 0 Å². The van der Waals surface area contributed by atoms with Crippen LogP contribution in [-0.2, 0) is 22.5 Å². The lowest BCUT2D eigenvalue weighted by atomic mass is 10.1. The second-order valence-corrected chi connectivity index (χ2v) is 9.69. The smallest absolute Gasteiger partial charge is 0.264 e. The molecule has 3 aromatic rings. The first-order valence-electron chi connectivity index (χ1n) is 11.6. The summed E-state index contributed by atoms with van der Waals surface area (Å²) in [6, 6.07) is 19.3. The molecule has 0 spiro atoms. The van der Waals surface area contributed by atoms with Crippen molar-refractivity contribution in [3.63, 3.8) is 0 Å². The fraction of sp³-hybridized carbons (Fsp3) is 0.333. The molecule has 7 heteroatoms. The van der Waals surface area contributed by atoms with Crippen molar-refractivity contribution in [3.8, 4) is 0 Å². The van der Waals surface area contributed by atoms with Gasteiger partial charge in [-0.1, -0.05) is 36.4 Å². The van der Waals surface area contributed by atoms with Crippen molar-refractivity contribution in [1.29, 1.82) is 0 Å². The zero-order valence-corrected chi connectivity index (χ0v) is 20.5. The average molecular weight is 478 g/mol. The summed E-state index contributed by atoms with van der Waals surface area (Å²) in [6.07, 6.45) is 2.36. The average Bonchev–Trinajstić information content (AvgIpc) is 3.53. The van der Waals surface area contributed by atoms with Crippen LogP contribution in [-0.4, -0.2) is 50.1 Å². The lowest BCUT2D eigenvalue weighted by molar-refractivity contribution is -0.115. The lowest BCUT2D eigenvalue weighted by Crippen LogP contribution is -2.37. The minimum Gasteiger partial charge on any atom is -0.377 e. The van der Waals surface area contributed by atoms with Gasteiger partial charge in [0.05, 0.1) is 17.4 Å². The second-order valence-electron chi connectivity index (χ2n) is 8.75. The number of benzene rings is 2. The second kappa shape index (κ2) is 11.3. The molecule has 1 atom stereocenters. The Hall–Kier alpha value is -3.16. The summed E-state index contributed by atoms with van der Waals surface area (Å²) < 4.78 is 5.84. The van der Waals surface area contributed by atoms with Crippen molar-refractivity contribution < 1.29 is 14.3 Å². The third-order valence-electron chi connectivity index (χ3n) is 5.88. The Morgan fingerprint density at radius 3 is 2.59 bits per heavy atom. The molecule has 0 saturated carbocycles. The van der Waals surface area contributed by atoms with Gasteiger partial charge < -0.3 is 19.9 Å². The highest BCUT2D eigenvalue weighted by Crippen LogP contribution is 2.27. The van der Waals surface area contributed by atoms with Crippen LogP contribution in [0.2, 0.25) is 0 Å². The van der Waals surface area contributed by atoms with Crippen molar-refractivity contribution in [3.05, 3.63) is 82.0 Å². The van der Waals surface area contributed by atoms with E-state index in [2.05, 4.69) is 5.32 Å². The van der Waals surface area contributed by atoms with E-state index in [1.165, 1.54) is 11.3 Å². The van der Waals surface area contributed by atoms with Gasteiger partial charge in [-0.05, 0) is 53.6 Å². The summed E-state index contributed by atoms with van der Waals surface area (Å²) in [4.78, 5) is 30.6. The normalized spacial score (nSPS) is 15.2. The maximum absolute atomic E-state index is 13.3. The molecule has 1 saturated heterocycles. The van der Waals surface area contributed by atoms with Crippen molar-refractivity contribution >= 4 is 34.5 Å². The molecular weight excluding hydrogens is 446 g/mol. The number of hydrogen-bond donors (Lipinski definition) is 1. The quantitative estimate of drug-likeness (QED) is 0.480. The first-order chi connectivity index (χ1) is 16.5. The first-order valence-corrected chi connectivity index (χ1v) is 12.5. The minimum absolute atomic E-state index is 0.00808.